The van der Waals surface area contributed by atoms with Gasteiger partial charge in [0.05, 0.1) is 0 Å². The Labute approximate surface area is 229 Å². The maximum atomic E-state index is 12.6. The zero-order valence-electron chi connectivity index (χ0n) is 24.5. The van der Waals surface area contributed by atoms with Crippen molar-refractivity contribution in [1.82, 2.24) is 5.32 Å². The Morgan fingerprint density at radius 3 is 1.97 bits per heavy atom. The molecule has 212 valence electrons. The second-order valence-electron chi connectivity index (χ2n) is 10.9. The molecule has 0 aliphatic heterocycles. The van der Waals surface area contributed by atoms with Gasteiger partial charge in [0.15, 0.2) is 0 Å². The van der Waals surface area contributed by atoms with Gasteiger partial charge in [0.25, 0.3) is 0 Å². The molecule has 0 fully saturated rings. The van der Waals surface area contributed by atoms with Crippen LogP contribution in [-0.2, 0) is 25.4 Å². The molecule has 0 aliphatic carbocycles. The van der Waals surface area contributed by atoms with Gasteiger partial charge in [-0.2, -0.15) is 0 Å². The van der Waals surface area contributed by atoms with Crippen molar-refractivity contribution in [2.75, 3.05) is 21.0 Å². The molecule has 1 amide bonds. The normalized spacial score (nSPS) is 12.6. The summed E-state index contributed by atoms with van der Waals surface area (Å²) in [5.41, 5.74) is 0.321. The van der Waals surface area contributed by atoms with Gasteiger partial charge in [0.1, 0.15) is 0 Å². The van der Waals surface area contributed by atoms with E-state index in [-0.39, 0.29) is 6.79 Å². The van der Waals surface area contributed by atoms with Gasteiger partial charge in [0.2, 0.25) is 0 Å². The Morgan fingerprint density at radius 2 is 1.51 bits per heavy atom. The van der Waals surface area contributed by atoms with Gasteiger partial charge >= 0.3 is 230 Å². The van der Waals surface area contributed by atoms with Crippen molar-refractivity contribution in [3.63, 3.8) is 0 Å². The van der Waals surface area contributed by atoms with Crippen molar-refractivity contribution in [3.8, 4) is 5.75 Å². The number of unbranched alkanes of at least 4 members (excludes halogenated alkanes) is 3. The number of carbonyl (C=O) groups is 2. The minimum atomic E-state index is -2.89. The number of nitrogens with one attached hydrogen (secondary N) is 1. The summed E-state index contributed by atoms with van der Waals surface area (Å²) in [5.74, 6) is 0.421. The van der Waals surface area contributed by atoms with E-state index in [1.807, 2.05) is 12.1 Å². The molecule has 1 rings (SSSR count). The van der Waals surface area contributed by atoms with Gasteiger partial charge in [-0.15, -0.1) is 0 Å². The second kappa shape index (κ2) is 17.2. The van der Waals surface area contributed by atoms with Gasteiger partial charge < -0.3 is 0 Å². The van der Waals surface area contributed by atoms with Gasteiger partial charge in [-0.25, -0.2) is 0 Å². The first-order chi connectivity index (χ1) is 17.6. The number of methoxy groups -OCH3 is 2. The van der Waals surface area contributed by atoms with Crippen LogP contribution in [0.4, 0.5) is 4.79 Å². The zero-order valence-corrected chi connectivity index (χ0v) is 27.4. The molecule has 0 bridgehead atoms. The molecular formula is C29H51NO6Sn. The average Bonchev–Trinajstić information content (AvgIpc) is 2.85. The van der Waals surface area contributed by atoms with Crippen LogP contribution in [0.1, 0.15) is 85.6 Å². The molecule has 1 N–H and O–H groups in total. The number of esters is 1. The summed E-state index contributed by atoms with van der Waals surface area (Å²) < 4.78 is 27.0. The fraction of sp³-hybridized carbons (Fsp3) is 0.724. The summed E-state index contributed by atoms with van der Waals surface area (Å²) in [6.45, 7) is 12.4. The summed E-state index contributed by atoms with van der Waals surface area (Å²) in [7, 11) is 2.97. The molecule has 0 spiro atoms. The van der Waals surface area contributed by atoms with Crippen molar-refractivity contribution in [2.45, 2.75) is 111 Å². The first-order valence-electron chi connectivity index (χ1n) is 13.9. The van der Waals surface area contributed by atoms with E-state index in [9.17, 15) is 9.59 Å². The molecule has 0 heterocycles. The molecule has 0 saturated heterocycles. The second-order valence-corrected chi connectivity index (χ2v) is 24.0. The van der Waals surface area contributed by atoms with Crippen LogP contribution in [0, 0.1) is 0 Å². The number of rotatable bonds is 17. The molecule has 0 radical (unpaired) electrons. The maximum absolute atomic E-state index is 12.6. The van der Waals surface area contributed by atoms with E-state index in [1.54, 1.807) is 27.9 Å². The fourth-order valence-electron chi connectivity index (χ4n) is 4.71. The van der Waals surface area contributed by atoms with E-state index in [1.165, 1.54) is 62.5 Å². The van der Waals surface area contributed by atoms with Gasteiger partial charge in [-0.05, 0) is 0 Å². The Bertz CT molecular complexity index is 801. The number of hydrogen-bond donors (Lipinski definition) is 1. The molecule has 0 unspecified atom stereocenters. The van der Waals surface area contributed by atoms with Crippen LogP contribution >= 0.6 is 0 Å². The van der Waals surface area contributed by atoms with Crippen molar-refractivity contribution in [1.29, 1.82) is 0 Å². The predicted octanol–water partition coefficient (Wildman–Crippen LogP) is 6.33. The third-order valence-electron chi connectivity index (χ3n) is 6.59. The minimum absolute atomic E-state index is 0.203. The Balaban J connectivity index is 3.50. The van der Waals surface area contributed by atoms with Crippen molar-refractivity contribution in [3.05, 3.63) is 23.8 Å². The third-order valence-corrected chi connectivity index (χ3v) is 22.2. The quantitative estimate of drug-likeness (QED) is 0.123. The third kappa shape index (κ3) is 11.8. The standard InChI is InChI=1S/C17H24NO6.3C4H9.Sn/c1-17(2,3)24-16(20)18-14(15(19)22-5)10-12-6-8-13(9-7-12)23-11-21-4;3*1-3-4-2;/h6-8,14H,10-11H2,1-5H3,(H,18,20);3*1,3-4H2,2H3;/t14-;;;;/m0..../s1. The monoisotopic (exact) mass is 629 g/mol. The van der Waals surface area contributed by atoms with Crippen molar-refractivity contribution in [2.24, 2.45) is 0 Å². The fourth-order valence-corrected chi connectivity index (χ4v) is 21.3. The van der Waals surface area contributed by atoms with E-state index in [0.29, 0.717) is 6.42 Å². The van der Waals surface area contributed by atoms with Crippen LogP contribution in [0.5, 0.6) is 5.75 Å². The molecule has 1 atom stereocenters. The van der Waals surface area contributed by atoms with Crippen LogP contribution < -0.4 is 13.6 Å². The molecule has 37 heavy (non-hydrogen) atoms. The molecule has 1 aromatic rings. The van der Waals surface area contributed by atoms with Crippen molar-refractivity contribution < 1.29 is 28.5 Å². The topological polar surface area (TPSA) is 83.1 Å². The number of carbonyl (C=O) groups excluding carboxylic acids is 2. The van der Waals surface area contributed by atoms with E-state index in [2.05, 4.69) is 32.2 Å². The summed E-state index contributed by atoms with van der Waals surface area (Å²) in [6, 6.07) is 5.43. The molecule has 8 heteroatoms. The Kier molecular flexibility index (Phi) is 15.6. The van der Waals surface area contributed by atoms with Gasteiger partial charge in [-0.1, -0.05) is 0 Å². The number of benzene rings is 1. The summed E-state index contributed by atoms with van der Waals surface area (Å²) in [4.78, 5) is 25.1. The van der Waals surface area contributed by atoms with Crippen molar-refractivity contribution >= 4 is 34.0 Å². The zero-order chi connectivity index (χ0) is 27.9. The van der Waals surface area contributed by atoms with E-state index in [0.717, 1.165) is 11.3 Å². The number of hydrogen-bond acceptors (Lipinski definition) is 6. The van der Waals surface area contributed by atoms with E-state index < -0.39 is 42.1 Å². The SMILES string of the molecule is CCC[CH2][Sn]([CH2]CCC)([CH2]CCC)[c]1cc(C[C@H](NC(=O)OC(C)(C)C)C(=O)OC)ccc1OCOC. The van der Waals surface area contributed by atoms with Crippen LogP contribution in [0.25, 0.3) is 0 Å². The summed E-state index contributed by atoms with van der Waals surface area (Å²) in [6.07, 6.45) is 6.89. The number of alkyl carbamates (subject to hydrolysis) is 1. The predicted molar refractivity (Wildman–Crippen MR) is 152 cm³/mol. The molecule has 0 aliphatic rings. The van der Waals surface area contributed by atoms with Gasteiger partial charge in [0, 0.05) is 0 Å². The van der Waals surface area contributed by atoms with Gasteiger partial charge in [-0.3, -0.25) is 0 Å². The first kappa shape index (κ1) is 33.5. The molecule has 7 nitrogen and oxygen atoms in total. The summed E-state index contributed by atoms with van der Waals surface area (Å²) in [5, 5.41) is 2.71. The van der Waals surface area contributed by atoms with Crippen LogP contribution in [0.15, 0.2) is 18.2 Å². The molecular weight excluding hydrogens is 577 g/mol. The molecule has 0 saturated carbocycles. The first-order valence-corrected chi connectivity index (χ1v) is 21.4. The molecule has 0 aromatic heterocycles. The number of amides is 1. The van der Waals surface area contributed by atoms with Crippen LogP contribution in [-0.4, -0.2) is 63.1 Å². The average molecular weight is 628 g/mol. The molecule has 1 aromatic carbocycles. The number of ether oxygens (including phenoxy) is 4. The summed E-state index contributed by atoms with van der Waals surface area (Å²) >= 11 is -2.89. The van der Waals surface area contributed by atoms with E-state index >= 15 is 0 Å². The Hall–Kier alpha value is -1.48. The van der Waals surface area contributed by atoms with E-state index in [4.69, 9.17) is 18.9 Å². The van der Waals surface area contributed by atoms with Crippen LogP contribution in [0.3, 0.4) is 0 Å². The Morgan fingerprint density at radius 1 is 0.946 bits per heavy atom. The van der Waals surface area contributed by atoms with Crippen LogP contribution in [0.2, 0.25) is 13.3 Å².